The summed E-state index contributed by atoms with van der Waals surface area (Å²) in [6.45, 7) is 12.9. The van der Waals surface area contributed by atoms with Crippen LogP contribution in [0.5, 0.6) is 0 Å². The molecule has 0 heterocycles. The quantitative estimate of drug-likeness (QED) is 0.0367. The lowest BCUT2D eigenvalue weighted by Crippen LogP contribution is -2.25. The van der Waals surface area contributed by atoms with Crippen molar-refractivity contribution in [2.45, 2.75) is 220 Å². The zero-order chi connectivity index (χ0) is 35.9. The molecule has 0 unspecified atom stereocenters. The normalized spacial score (nSPS) is 11.9. The molecule has 0 amide bonds. The van der Waals surface area contributed by atoms with Gasteiger partial charge in [-0.3, -0.25) is 9.59 Å². The number of rotatable bonds is 38. The van der Waals surface area contributed by atoms with Gasteiger partial charge in [-0.1, -0.05) is 155 Å². The summed E-state index contributed by atoms with van der Waals surface area (Å²) in [5.74, 6) is -0.0321. The smallest absolute Gasteiger partial charge is 0.306 e. The van der Waals surface area contributed by atoms with Crippen LogP contribution in [-0.4, -0.2) is 49.2 Å². The molecule has 0 aromatic heterocycles. The fraction of sp³-hybridized carbons (Fsp3) is 0.864. The van der Waals surface area contributed by atoms with Gasteiger partial charge in [-0.2, -0.15) is 0 Å². The molecule has 0 N–H and O–H groups in total. The van der Waals surface area contributed by atoms with Crippen molar-refractivity contribution < 1.29 is 19.1 Å². The number of hydrogen-bond acceptors (Lipinski definition) is 5. The molecule has 0 aliphatic rings. The van der Waals surface area contributed by atoms with Crippen molar-refractivity contribution in [3.05, 3.63) is 24.3 Å². The average molecular weight is 690 g/mol. The first-order valence-corrected chi connectivity index (χ1v) is 21.4. The summed E-state index contributed by atoms with van der Waals surface area (Å²) in [6, 6.07) is 0. The lowest BCUT2D eigenvalue weighted by Gasteiger charge is -2.20. The first kappa shape index (κ1) is 47.4. The van der Waals surface area contributed by atoms with Crippen molar-refractivity contribution in [3.63, 3.8) is 0 Å². The standard InChI is InChI=1S/C44H83NO4/c1-5-9-12-15-18-19-20-26-34-41-48-43(46)37-31-27-33-40-45(8-4)39-32-25-21-24-30-38-44(47)49-42(35-28-22-16-13-10-6-2)36-29-23-17-14-11-7-3/h16-17,22-23,42H,5-15,18-21,24-41H2,1-4H3/b22-16-,23-17-. The van der Waals surface area contributed by atoms with E-state index in [1.807, 2.05) is 0 Å². The second-order valence-corrected chi connectivity index (χ2v) is 14.3. The number of carbonyl (C=O) groups is 2. The molecule has 0 saturated carbocycles. The van der Waals surface area contributed by atoms with E-state index in [0.717, 1.165) is 96.7 Å². The van der Waals surface area contributed by atoms with Gasteiger partial charge in [0.25, 0.3) is 0 Å². The van der Waals surface area contributed by atoms with Gasteiger partial charge < -0.3 is 14.4 Å². The van der Waals surface area contributed by atoms with Crippen LogP contribution in [0, 0.1) is 0 Å². The Morgan fingerprint density at radius 3 is 1.45 bits per heavy atom. The highest BCUT2D eigenvalue weighted by Crippen LogP contribution is 2.15. The Labute approximate surface area is 305 Å². The molecule has 0 bridgehead atoms. The molecule has 0 rings (SSSR count). The summed E-state index contributed by atoms with van der Waals surface area (Å²) >= 11 is 0. The Morgan fingerprint density at radius 1 is 0.490 bits per heavy atom. The van der Waals surface area contributed by atoms with Gasteiger partial charge in [0.1, 0.15) is 6.10 Å². The zero-order valence-corrected chi connectivity index (χ0v) is 33.3. The van der Waals surface area contributed by atoms with E-state index >= 15 is 0 Å². The minimum Gasteiger partial charge on any atom is -0.466 e. The molecule has 0 aromatic carbocycles. The summed E-state index contributed by atoms with van der Waals surface area (Å²) in [6.07, 6.45) is 41.7. The highest BCUT2D eigenvalue weighted by Gasteiger charge is 2.13. The molecule has 49 heavy (non-hydrogen) atoms. The summed E-state index contributed by atoms with van der Waals surface area (Å²) < 4.78 is 11.4. The Bertz CT molecular complexity index is 742. The lowest BCUT2D eigenvalue weighted by molar-refractivity contribution is -0.150. The molecule has 5 heteroatoms. The summed E-state index contributed by atoms with van der Waals surface area (Å²) in [4.78, 5) is 27.2. The monoisotopic (exact) mass is 690 g/mol. The third-order valence-corrected chi connectivity index (χ3v) is 9.56. The molecule has 0 atom stereocenters. The van der Waals surface area contributed by atoms with Gasteiger partial charge in [-0.05, 0) is 90.3 Å². The van der Waals surface area contributed by atoms with Crippen LogP contribution in [0.3, 0.4) is 0 Å². The number of ether oxygens (including phenoxy) is 2. The van der Waals surface area contributed by atoms with E-state index in [9.17, 15) is 9.59 Å². The fourth-order valence-corrected chi connectivity index (χ4v) is 6.20. The van der Waals surface area contributed by atoms with Crippen LogP contribution in [0.1, 0.15) is 214 Å². The van der Waals surface area contributed by atoms with Gasteiger partial charge in [-0.25, -0.2) is 0 Å². The molecule has 0 spiro atoms. The second-order valence-electron chi connectivity index (χ2n) is 14.3. The van der Waals surface area contributed by atoms with Crippen molar-refractivity contribution in [1.29, 1.82) is 0 Å². The van der Waals surface area contributed by atoms with Gasteiger partial charge in [-0.15, -0.1) is 0 Å². The fourth-order valence-electron chi connectivity index (χ4n) is 6.20. The molecular weight excluding hydrogens is 606 g/mol. The van der Waals surface area contributed by atoms with Crippen molar-refractivity contribution in [3.8, 4) is 0 Å². The third kappa shape index (κ3) is 36.0. The van der Waals surface area contributed by atoms with Gasteiger partial charge in [0.2, 0.25) is 0 Å². The van der Waals surface area contributed by atoms with Crippen LogP contribution < -0.4 is 0 Å². The summed E-state index contributed by atoms with van der Waals surface area (Å²) in [7, 11) is 0. The summed E-state index contributed by atoms with van der Waals surface area (Å²) in [5.41, 5.74) is 0. The van der Waals surface area contributed by atoms with E-state index in [1.165, 1.54) is 96.3 Å². The number of unbranched alkanes of at least 4 members (excludes halogenated alkanes) is 18. The van der Waals surface area contributed by atoms with Crippen molar-refractivity contribution in [1.82, 2.24) is 4.90 Å². The Morgan fingerprint density at radius 2 is 0.918 bits per heavy atom. The first-order valence-electron chi connectivity index (χ1n) is 21.4. The predicted octanol–water partition coefficient (Wildman–Crippen LogP) is 13.2. The van der Waals surface area contributed by atoms with E-state index in [-0.39, 0.29) is 18.0 Å². The molecule has 5 nitrogen and oxygen atoms in total. The molecule has 0 aliphatic heterocycles. The maximum atomic E-state index is 12.6. The molecule has 0 saturated heterocycles. The van der Waals surface area contributed by atoms with Crippen LogP contribution in [0.2, 0.25) is 0 Å². The predicted molar refractivity (Wildman–Crippen MR) is 212 cm³/mol. The van der Waals surface area contributed by atoms with Crippen LogP contribution >= 0.6 is 0 Å². The SMILES string of the molecule is CCCC/C=C\CCC(CC/C=C\CCCC)OC(=O)CCCCCCCN(CC)CCCCCC(=O)OCCCCCCCCCCC. The Kier molecular flexibility index (Phi) is 37.9. The maximum absolute atomic E-state index is 12.6. The minimum absolute atomic E-state index is 0.0147. The number of esters is 2. The van der Waals surface area contributed by atoms with Crippen molar-refractivity contribution in [2.24, 2.45) is 0 Å². The van der Waals surface area contributed by atoms with Crippen LogP contribution in [0.25, 0.3) is 0 Å². The van der Waals surface area contributed by atoms with Crippen LogP contribution in [0.4, 0.5) is 0 Å². The van der Waals surface area contributed by atoms with Crippen LogP contribution in [0.15, 0.2) is 24.3 Å². The highest BCUT2D eigenvalue weighted by atomic mass is 16.5. The number of nitrogens with zero attached hydrogens (tertiary/aromatic N) is 1. The van der Waals surface area contributed by atoms with Gasteiger partial charge in [0.05, 0.1) is 6.61 Å². The van der Waals surface area contributed by atoms with Gasteiger partial charge in [0.15, 0.2) is 0 Å². The Balaban J connectivity index is 3.91. The number of allylic oxidation sites excluding steroid dienone is 4. The third-order valence-electron chi connectivity index (χ3n) is 9.56. The molecule has 0 aromatic rings. The lowest BCUT2D eigenvalue weighted by atomic mass is 10.1. The van der Waals surface area contributed by atoms with E-state index in [2.05, 4.69) is 56.9 Å². The second kappa shape index (κ2) is 39.2. The topological polar surface area (TPSA) is 55.8 Å². The largest absolute Gasteiger partial charge is 0.466 e. The average Bonchev–Trinajstić information content (AvgIpc) is 3.10. The molecule has 288 valence electrons. The van der Waals surface area contributed by atoms with Gasteiger partial charge >= 0.3 is 11.9 Å². The van der Waals surface area contributed by atoms with E-state index in [1.54, 1.807) is 0 Å². The maximum Gasteiger partial charge on any atom is 0.306 e. The highest BCUT2D eigenvalue weighted by molar-refractivity contribution is 5.69. The molecule has 0 radical (unpaired) electrons. The first-order chi connectivity index (χ1) is 24.1. The molecule has 0 aliphatic carbocycles. The van der Waals surface area contributed by atoms with Gasteiger partial charge in [0, 0.05) is 12.8 Å². The number of carbonyl (C=O) groups excluding carboxylic acids is 2. The minimum atomic E-state index is -0.0174. The Hall–Kier alpha value is -1.62. The summed E-state index contributed by atoms with van der Waals surface area (Å²) in [5, 5.41) is 0. The van der Waals surface area contributed by atoms with Crippen LogP contribution in [-0.2, 0) is 19.1 Å². The van der Waals surface area contributed by atoms with E-state index in [0.29, 0.717) is 19.4 Å². The van der Waals surface area contributed by atoms with Crippen molar-refractivity contribution in [2.75, 3.05) is 26.2 Å². The van der Waals surface area contributed by atoms with E-state index < -0.39 is 0 Å². The number of hydrogen-bond donors (Lipinski definition) is 0. The van der Waals surface area contributed by atoms with E-state index in [4.69, 9.17) is 9.47 Å². The zero-order valence-electron chi connectivity index (χ0n) is 33.3. The molecular formula is C44H83NO4. The molecule has 0 fully saturated rings. The van der Waals surface area contributed by atoms with Crippen molar-refractivity contribution >= 4 is 11.9 Å².